The molecule has 1 heterocycles. The van der Waals surface area contributed by atoms with Crippen LogP contribution < -0.4 is 5.32 Å². The van der Waals surface area contributed by atoms with Crippen molar-refractivity contribution in [2.75, 3.05) is 0 Å². The van der Waals surface area contributed by atoms with E-state index in [2.05, 4.69) is 5.32 Å². The van der Waals surface area contributed by atoms with Gasteiger partial charge >= 0.3 is 5.97 Å². The summed E-state index contributed by atoms with van der Waals surface area (Å²) in [5, 5.41) is 12.5. The summed E-state index contributed by atoms with van der Waals surface area (Å²) in [5.74, 6) is -1.59. The van der Waals surface area contributed by atoms with Gasteiger partial charge in [-0.15, -0.1) is 0 Å². The van der Waals surface area contributed by atoms with E-state index in [0.29, 0.717) is 5.58 Å². The standard InChI is InChI=1S/C16H19NO4/c1-8(2)12(16(19)20)17-15(18)14-10(4)11-7-5-6-9(3)13(11)21-14/h5-8,12H,1-4H3,(H,17,18)(H,19,20). The number of aliphatic carboxylic acids is 1. The van der Waals surface area contributed by atoms with Gasteiger partial charge in [0.2, 0.25) is 0 Å². The van der Waals surface area contributed by atoms with Gasteiger partial charge in [0.25, 0.3) is 5.91 Å². The van der Waals surface area contributed by atoms with E-state index in [1.165, 1.54) is 0 Å². The second kappa shape index (κ2) is 5.60. The number of carboxylic acid groups (broad SMARTS) is 1. The lowest BCUT2D eigenvalue weighted by Crippen LogP contribution is -2.44. The van der Waals surface area contributed by atoms with Crippen LogP contribution >= 0.6 is 0 Å². The lowest BCUT2D eigenvalue weighted by Gasteiger charge is -2.17. The van der Waals surface area contributed by atoms with Crippen LogP contribution in [0.2, 0.25) is 0 Å². The molecule has 2 N–H and O–H groups in total. The van der Waals surface area contributed by atoms with Crippen molar-refractivity contribution < 1.29 is 19.1 Å². The van der Waals surface area contributed by atoms with Crippen LogP contribution in [-0.2, 0) is 4.79 Å². The Hall–Kier alpha value is -2.30. The lowest BCUT2D eigenvalue weighted by molar-refractivity contribution is -0.140. The number of carboxylic acids is 1. The van der Waals surface area contributed by atoms with Gasteiger partial charge in [0.1, 0.15) is 11.6 Å². The maximum atomic E-state index is 12.3. The van der Waals surface area contributed by atoms with E-state index >= 15 is 0 Å². The fraction of sp³-hybridized carbons (Fsp3) is 0.375. The van der Waals surface area contributed by atoms with Gasteiger partial charge in [0.05, 0.1) is 0 Å². The smallest absolute Gasteiger partial charge is 0.326 e. The molecule has 21 heavy (non-hydrogen) atoms. The lowest BCUT2D eigenvalue weighted by atomic mass is 10.0. The Bertz CT molecular complexity index is 700. The Morgan fingerprint density at radius 2 is 1.90 bits per heavy atom. The van der Waals surface area contributed by atoms with Crippen molar-refractivity contribution in [3.63, 3.8) is 0 Å². The van der Waals surface area contributed by atoms with Gasteiger partial charge in [-0.3, -0.25) is 4.79 Å². The number of carbonyl (C=O) groups is 2. The molecule has 112 valence electrons. The Kier molecular flexibility index (Phi) is 4.02. The molecule has 0 bridgehead atoms. The SMILES string of the molecule is Cc1c(C(=O)NC(C(=O)O)C(C)C)oc2c(C)cccc12. The van der Waals surface area contributed by atoms with Gasteiger partial charge in [-0.25, -0.2) is 4.79 Å². The zero-order valence-corrected chi connectivity index (χ0v) is 12.6. The third-order valence-corrected chi connectivity index (χ3v) is 3.59. The zero-order chi connectivity index (χ0) is 15.7. The summed E-state index contributed by atoms with van der Waals surface area (Å²) >= 11 is 0. The first-order valence-corrected chi connectivity index (χ1v) is 6.85. The highest BCUT2D eigenvalue weighted by atomic mass is 16.4. The fourth-order valence-corrected chi connectivity index (χ4v) is 2.32. The highest BCUT2D eigenvalue weighted by Crippen LogP contribution is 2.27. The predicted molar refractivity (Wildman–Crippen MR) is 79.4 cm³/mol. The third-order valence-electron chi connectivity index (χ3n) is 3.59. The molecule has 0 aliphatic heterocycles. The number of aryl methyl sites for hydroxylation is 2. The summed E-state index contributed by atoms with van der Waals surface area (Å²) in [5.41, 5.74) is 2.32. The number of benzene rings is 1. The number of hydrogen-bond donors (Lipinski definition) is 2. The second-order valence-electron chi connectivity index (χ2n) is 5.54. The van der Waals surface area contributed by atoms with Gasteiger partial charge < -0.3 is 14.8 Å². The topological polar surface area (TPSA) is 79.5 Å². The first-order chi connectivity index (χ1) is 9.82. The largest absolute Gasteiger partial charge is 0.480 e. The first-order valence-electron chi connectivity index (χ1n) is 6.85. The molecule has 5 heteroatoms. The van der Waals surface area contributed by atoms with Crippen molar-refractivity contribution in [2.24, 2.45) is 5.92 Å². The van der Waals surface area contributed by atoms with Gasteiger partial charge in [-0.05, 0) is 25.3 Å². The number of fused-ring (bicyclic) bond motifs is 1. The Morgan fingerprint density at radius 3 is 2.43 bits per heavy atom. The van der Waals surface area contributed by atoms with E-state index < -0.39 is 17.9 Å². The molecule has 1 amide bonds. The normalized spacial score (nSPS) is 12.6. The van der Waals surface area contributed by atoms with Crippen molar-refractivity contribution in [2.45, 2.75) is 33.7 Å². The molecular weight excluding hydrogens is 270 g/mol. The van der Waals surface area contributed by atoms with Crippen molar-refractivity contribution in [1.82, 2.24) is 5.32 Å². The van der Waals surface area contributed by atoms with Crippen molar-refractivity contribution in [1.29, 1.82) is 0 Å². The molecular formula is C16H19NO4. The summed E-state index contributed by atoms with van der Waals surface area (Å²) in [6, 6.07) is 4.75. The highest BCUT2D eigenvalue weighted by molar-refractivity contribution is 6.00. The summed E-state index contributed by atoms with van der Waals surface area (Å²) in [7, 11) is 0. The number of para-hydroxylation sites is 1. The molecule has 5 nitrogen and oxygen atoms in total. The van der Waals surface area contributed by atoms with E-state index in [0.717, 1.165) is 16.5 Å². The molecule has 1 unspecified atom stereocenters. The maximum absolute atomic E-state index is 12.3. The van der Waals surface area contributed by atoms with Crippen LogP contribution in [0.15, 0.2) is 22.6 Å². The van der Waals surface area contributed by atoms with Crippen LogP contribution in [0, 0.1) is 19.8 Å². The van der Waals surface area contributed by atoms with E-state index in [1.807, 2.05) is 25.1 Å². The van der Waals surface area contributed by atoms with Crippen LogP contribution in [0.25, 0.3) is 11.0 Å². The third kappa shape index (κ3) is 2.77. The zero-order valence-electron chi connectivity index (χ0n) is 12.6. The minimum Gasteiger partial charge on any atom is -0.480 e. The molecule has 0 fully saturated rings. The molecule has 2 aromatic rings. The summed E-state index contributed by atoms with van der Waals surface area (Å²) in [4.78, 5) is 23.5. The summed E-state index contributed by atoms with van der Waals surface area (Å²) in [6.07, 6.45) is 0. The van der Waals surface area contributed by atoms with Gasteiger partial charge in [0.15, 0.2) is 5.76 Å². The van der Waals surface area contributed by atoms with Gasteiger partial charge in [-0.2, -0.15) is 0 Å². The van der Waals surface area contributed by atoms with Crippen molar-refractivity contribution >= 4 is 22.8 Å². The molecule has 0 spiro atoms. The molecule has 0 aliphatic rings. The number of carbonyl (C=O) groups excluding carboxylic acids is 1. The first kappa shape index (κ1) is 15.1. The molecule has 0 saturated carbocycles. The molecule has 2 rings (SSSR count). The monoisotopic (exact) mass is 289 g/mol. The van der Waals surface area contributed by atoms with Crippen molar-refractivity contribution in [3.05, 3.63) is 35.1 Å². The molecule has 0 aliphatic carbocycles. The Morgan fingerprint density at radius 1 is 1.24 bits per heavy atom. The van der Waals surface area contributed by atoms with Gasteiger partial charge in [0, 0.05) is 10.9 Å². The highest BCUT2D eigenvalue weighted by Gasteiger charge is 2.27. The van der Waals surface area contributed by atoms with E-state index in [9.17, 15) is 9.59 Å². The predicted octanol–water partition coefficient (Wildman–Crippen LogP) is 2.89. The number of nitrogens with one attached hydrogen (secondary N) is 1. The molecule has 1 atom stereocenters. The molecule has 1 aromatic heterocycles. The van der Waals surface area contributed by atoms with Crippen LogP contribution in [0.5, 0.6) is 0 Å². The minimum absolute atomic E-state index is 0.172. The average Bonchev–Trinajstić information content (AvgIpc) is 2.74. The number of amides is 1. The Balaban J connectivity index is 2.38. The molecule has 0 radical (unpaired) electrons. The van der Waals surface area contributed by atoms with E-state index in [-0.39, 0.29) is 11.7 Å². The quantitative estimate of drug-likeness (QED) is 0.907. The number of rotatable bonds is 4. The second-order valence-corrected chi connectivity index (χ2v) is 5.54. The van der Waals surface area contributed by atoms with Crippen LogP contribution in [0.4, 0.5) is 0 Å². The van der Waals surface area contributed by atoms with E-state index in [1.54, 1.807) is 20.8 Å². The molecule has 0 saturated heterocycles. The van der Waals surface area contributed by atoms with Crippen LogP contribution in [-0.4, -0.2) is 23.0 Å². The van der Waals surface area contributed by atoms with Crippen LogP contribution in [0.1, 0.15) is 35.5 Å². The van der Waals surface area contributed by atoms with Crippen molar-refractivity contribution in [3.8, 4) is 0 Å². The molecule has 1 aromatic carbocycles. The van der Waals surface area contributed by atoms with Gasteiger partial charge in [-0.1, -0.05) is 32.0 Å². The maximum Gasteiger partial charge on any atom is 0.326 e. The summed E-state index contributed by atoms with van der Waals surface area (Å²) < 4.78 is 5.65. The van der Waals surface area contributed by atoms with Crippen LogP contribution in [0.3, 0.4) is 0 Å². The summed E-state index contributed by atoms with van der Waals surface area (Å²) in [6.45, 7) is 7.19. The number of furan rings is 1. The number of hydrogen-bond acceptors (Lipinski definition) is 3. The fourth-order valence-electron chi connectivity index (χ4n) is 2.32. The minimum atomic E-state index is -1.05. The average molecular weight is 289 g/mol. The Labute approximate surface area is 122 Å². The van der Waals surface area contributed by atoms with E-state index in [4.69, 9.17) is 9.52 Å².